The largest absolute Gasteiger partial charge is 0.508 e. The number of aliphatic hydroxyl groups excluding tert-OH is 2. The zero-order valence-corrected chi connectivity index (χ0v) is 19.0. The molecule has 9 nitrogen and oxygen atoms in total. The lowest BCUT2D eigenvalue weighted by Gasteiger charge is -2.50. The number of nitrogens with one attached hydrogen (secondary N) is 1. The van der Waals surface area contributed by atoms with E-state index >= 15 is 0 Å². The van der Waals surface area contributed by atoms with Crippen LogP contribution in [0.15, 0.2) is 58.9 Å². The Morgan fingerprint density at radius 2 is 1.91 bits per heavy atom. The van der Waals surface area contributed by atoms with Gasteiger partial charge >= 0.3 is 0 Å². The Kier molecular flexibility index (Phi) is 5.23. The van der Waals surface area contributed by atoms with Crippen molar-refractivity contribution in [2.24, 2.45) is 17.6 Å². The van der Waals surface area contributed by atoms with Crippen LogP contribution in [0, 0.1) is 11.8 Å². The number of Topliss-reactive ketones (excluding diaryl/α,β-unsaturated/α-hetero) is 2. The lowest BCUT2D eigenvalue weighted by Crippen LogP contribution is -2.66. The van der Waals surface area contributed by atoms with Crippen molar-refractivity contribution in [3.05, 3.63) is 70.0 Å². The van der Waals surface area contributed by atoms with Crippen LogP contribution in [0.2, 0.25) is 0 Å². The van der Waals surface area contributed by atoms with Crippen molar-refractivity contribution in [1.82, 2.24) is 5.32 Å². The molecule has 4 aliphatic rings. The first-order chi connectivity index (χ1) is 16.6. The van der Waals surface area contributed by atoms with Crippen LogP contribution in [0.5, 0.6) is 5.75 Å². The number of primary amides is 1. The number of carbonyl (C=O) groups excluding carboxylic acids is 3. The number of likely N-dealkylation sites (N-methyl/N-ethyl adjacent to an activating group) is 1. The molecule has 5 rings (SSSR count). The van der Waals surface area contributed by atoms with E-state index in [0.29, 0.717) is 5.56 Å². The van der Waals surface area contributed by atoms with Crippen molar-refractivity contribution in [2.45, 2.75) is 36.8 Å². The molecule has 7 N–H and O–H groups in total. The van der Waals surface area contributed by atoms with E-state index in [0.717, 1.165) is 18.4 Å². The summed E-state index contributed by atoms with van der Waals surface area (Å²) in [5, 5.41) is 47.1. The number of carbonyl (C=O) groups is 3. The Balaban J connectivity index is 1.79. The van der Waals surface area contributed by atoms with Gasteiger partial charge in [0.2, 0.25) is 5.78 Å². The second-order valence-electron chi connectivity index (χ2n) is 9.43. The number of hydrogen-bond donors (Lipinski definition) is 6. The number of phenols is 1. The Morgan fingerprint density at radius 1 is 1.17 bits per heavy atom. The number of phenolic OH excluding ortho intramolecular Hbond substituents is 1. The highest BCUT2D eigenvalue weighted by Crippen LogP contribution is 2.57. The predicted molar refractivity (Wildman–Crippen MR) is 125 cm³/mol. The first-order valence-corrected chi connectivity index (χ1v) is 11.5. The van der Waals surface area contributed by atoms with E-state index in [4.69, 9.17) is 5.73 Å². The average molecular weight is 479 g/mol. The molecular formula is C26H26N2O7. The molecule has 2 unspecified atom stereocenters. The average Bonchev–Trinajstić information content (AvgIpc) is 2.82. The van der Waals surface area contributed by atoms with Crippen molar-refractivity contribution in [2.75, 3.05) is 7.05 Å². The number of fused-ring (bicyclic) bond motifs is 3. The number of amides is 1. The molecule has 1 aromatic carbocycles. The van der Waals surface area contributed by atoms with Crippen LogP contribution in [-0.4, -0.2) is 56.6 Å². The third-order valence-corrected chi connectivity index (χ3v) is 7.78. The van der Waals surface area contributed by atoms with Crippen LogP contribution in [0.4, 0.5) is 0 Å². The van der Waals surface area contributed by atoms with E-state index < -0.39 is 64.0 Å². The molecule has 0 aromatic heterocycles. The molecule has 35 heavy (non-hydrogen) atoms. The van der Waals surface area contributed by atoms with E-state index in [-0.39, 0.29) is 23.3 Å². The molecular weight excluding hydrogens is 452 g/mol. The second-order valence-corrected chi connectivity index (χ2v) is 9.43. The fourth-order valence-electron chi connectivity index (χ4n) is 6.27. The molecule has 0 aliphatic heterocycles. The van der Waals surface area contributed by atoms with Gasteiger partial charge in [0.1, 0.15) is 22.8 Å². The molecule has 5 atom stereocenters. The monoisotopic (exact) mass is 478 g/mol. The van der Waals surface area contributed by atoms with Gasteiger partial charge < -0.3 is 31.5 Å². The van der Waals surface area contributed by atoms with Crippen LogP contribution in [0.25, 0.3) is 5.76 Å². The maximum atomic E-state index is 13.9. The second kappa shape index (κ2) is 7.93. The highest BCUT2D eigenvalue weighted by Gasteiger charge is 2.64. The number of hydrogen-bond acceptors (Lipinski definition) is 8. The Bertz CT molecular complexity index is 1300. The van der Waals surface area contributed by atoms with Crippen LogP contribution in [-0.2, 0) is 14.4 Å². The molecule has 0 saturated heterocycles. The lowest BCUT2D eigenvalue weighted by molar-refractivity contribution is -0.150. The maximum absolute atomic E-state index is 13.9. The molecule has 1 amide bonds. The number of rotatable bonds is 3. The highest BCUT2D eigenvalue weighted by atomic mass is 16.3. The smallest absolute Gasteiger partial charge is 0.255 e. The summed E-state index contributed by atoms with van der Waals surface area (Å²) in [6.07, 6.45) is 7.64. The summed E-state index contributed by atoms with van der Waals surface area (Å²) in [5.41, 5.74) is 3.23. The van der Waals surface area contributed by atoms with Crippen LogP contribution in [0.1, 0.15) is 36.3 Å². The van der Waals surface area contributed by atoms with Crippen molar-refractivity contribution in [1.29, 1.82) is 0 Å². The van der Waals surface area contributed by atoms with Gasteiger partial charge in [0.25, 0.3) is 5.91 Å². The first-order valence-electron chi connectivity index (χ1n) is 11.5. The van der Waals surface area contributed by atoms with E-state index in [9.17, 15) is 34.8 Å². The minimum Gasteiger partial charge on any atom is -0.508 e. The Morgan fingerprint density at radius 3 is 2.54 bits per heavy atom. The molecule has 1 fully saturated rings. The summed E-state index contributed by atoms with van der Waals surface area (Å²) in [7, 11) is 1.45. The zero-order valence-electron chi connectivity index (χ0n) is 19.0. The van der Waals surface area contributed by atoms with Gasteiger partial charge in [-0.3, -0.25) is 14.4 Å². The third kappa shape index (κ3) is 2.98. The minimum absolute atomic E-state index is 0.0277. The standard InChI is InChI=1S/C26H26N2O7/c1-28-20-14-10-13-16(11-6-3-2-4-7-11)12-8-5-9-15(29)17(12)21(30)18(13)23(32)26(14,35)24(33)19(22(20)31)25(27)34/h3,5-9,13-14,16,20,28-30,33,35H,2,4,10H2,1H3,(H2,27,34)/t13?,14?,16-,20-,26-/m0/s1. The maximum Gasteiger partial charge on any atom is 0.255 e. The van der Waals surface area contributed by atoms with E-state index in [2.05, 4.69) is 5.32 Å². The first kappa shape index (κ1) is 23.1. The zero-order chi connectivity index (χ0) is 25.2. The third-order valence-electron chi connectivity index (χ3n) is 7.78. The van der Waals surface area contributed by atoms with Crippen LogP contribution >= 0.6 is 0 Å². The number of nitrogens with two attached hydrogens (primary N) is 1. The predicted octanol–water partition coefficient (Wildman–Crippen LogP) is 1.44. The summed E-state index contributed by atoms with van der Waals surface area (Å²) in [6.45, 7) is 0. The number of ketones is 2. The molecule has 0 bridgehead atoms. The molecule has 1 aromatic rings. The van der Waals surface area contributed by atoms with Crippen molar-refractivity contribution in [3.8, 4) is 5.75 Å². The molecule has 182 valence electrons. The molecule has 9 heteroatoms. The Hall–Kier alpha value is -3.69. The van der Waals surface area contributed by atoms with E-state index in [1.807, 2.05) is 18.2 Å². The van der Waals surface area contributed by atoms with Gasteiger partial charge in [0, 0.05) is 23.3 Å². The van der Waals surface area contributed by atoms with Gasteiger partial charge in [-0.05, 0) is 43.5 Å². The van der Waals surface area contributed by atoms with Gasteiger partial charge in [0.15, 0.2) is 11.4 Å². The van der Waals surface area contributed by atoms with Gasteiger partial charge in [0.05, 0.1) is 11.6 Å². The molecule has 0 spiro atoms. The number of benzene rings is 1. The number of aromatic hydroxyl groups is 1. The van der Waals surface area contributed by atoms with E-state index in [1.165, 1.54) is 13.1 Å². The van der Waals surface area contributed by atoms with E-state index in [1.54, 1.807) is 12.1 Å². The summed E-state index contributed by atoms with van der Waals surface area (Å²) >= 11 is 0. The fraction of sp³-hybridized carbons (Fsp3) is 0.346. The lowest BCUT2D eigenvalue weighted by atomic mass is 9.54. The van der Waals surface area contributed by atoms with Crippen molar-refractivity contribution >= 4 is 23.2 Å². The Labute approximate surface area is 200 Å². The summed E-state index contributed by atoms with van der Waals surface area (Å²) < 4.78 is 0. The van der Waals surface area contributed by atoms with Crippen LogP contribution in [0.3, 0.4) is 0 Å². The van der Waals surface area contributed by atoms with Crippen molar-refractivity contribution < 1.29 is 34.8 Å². The van der Waals surface area contributed by atoms with Gasteiger partial charge in [-0.2, -0.15) is 0 Å². The van der Waals surface area contributed by atoms with Gasteiger partial charge in [-0.15, -0.1) is 0 Å². The summed E-state index contributed by atoms with van der Waals surface area (Å²) in [5.74, 6) is -7.19. The minimum atomic E-state index is -2.66. The summed E-state index contributed by atoms with van der Waals surface area (Å²) in [6, 6.07) is 3.64. The SMILES string of the molecule is CN[C@@H]1C(=O)C(C(N)=O)=C(O)[C@@]2(O)C(=O)C3=C(O)c4c(O)cccc4[C@H](C4=CCCC=C4)C3CC12. The number of aliphatic hydroxyl groups is 3. The normalized spacial score (nSPS) is 32.1. The van der Waals surface area contributed by atoms with Gasteiger partial charge in [-0.25, -0.2) is 0 Å². The topological polar surface area (TPSA) is 170 Å². The van der Waals surface area contributed by atoms with Crippen LogP contribution < -0.4 is 11.1 Å². The molecule has 0 heterocycles. The molecule has 0 radical (unpaired) electrons. The number of allylic oxidation sites excluding steroid dienone is 4. The highest BCUT2D eigenvalue weighted by molar-refractivity contribution is 6.24. The quantitative estimate of drug-likeness (QED) is 0.354. The van der Waals surface area contributed by atoms with Crippen molar-refractivity contribution in [3.63, 3.8) is 0 Å². The molecule has 4 aliphatic carbocycles. The molecule has 1 saturated carbocycles. The summed E-state index contributed by atoms with van der Waals surface area (Å²) in [4.78, 5) is 39.0. The van der Waals surface area contributed by atoms with Gasteiger partial charge in [-0.1, -0.05) is 30.4 Å². The fourth-order valence-corrected chi connectivity index (χ4v) is 6.27.